The summed E-state index contributed by atoms with van der Waals surface area (Å²) in [5, 5.41) is 0. The molecule has 1 fully saturated rings. The third-order valence-electron chi connectivity index (χ3n) is 3.35. The molecule has 16 heavy (non-hydrogen) atoms. The third kappa shape index (κ3) is 1.40. The van der Waals surface area contributed by atoms with E-state index in [4.69, 9.17) is 5.73 Å². The van der Waals surface area contributed by atoms with Gasteiger partial charge in [0.05, 0.1) is 5.41 Å². The molecule has 0 aliphatic heterocycles. The summed E-state index contributed by atoms with van der Waals surface area (Å²) in [7, 11) is 3.70. The first-order chi connectivity index (χ1) is 7.44. The second-order valence-corrected chi connectivity index (χ2v) is 4.58. The van der Waals surface area contributed by atoms with Crippen LogP contribution in [-0.2, 0) is 5.41 Å². The molecule has 88 valence electrons. The van der Waals surface area contributed by atoms with Crippen molar-refractivity contribution in [2.75, 3.05) is 25.5 Å². The van der Waals surface area contributed by atoms with E-state index in [2.05, 4.69) is 0 Å². The van der Waals surface area contributed by atoms with Gasteiger partial charge < -0.3 is 10.6 Å². The van der Waals surface area contributed by atoms with Gasteiger partial charge in [-0.1, -0.05) is 18.2 Å². The molecule has 1 unspecified atom stereocenters. The first-order valence-electron chi connectivity index (χ1n) is 5.29. The number of alkyl halides is 2. The molecule has 1 aliphatic carbocycles. The van der Waals surface area contributed by atoms with Crippen LogP contribution in [0.2, 0.25) is 0 Å². The van der Waals surface area contributed by atoms with Gasteiger partial charge in [-0.25, -0.2) is 8.78 Å². The van der Waals surface area contributed by atoms with Gasteiger partial charge in [-0.2, -0.15) is 0 Å². The topological polar surface area (TPSA) is 29.3 Å². The second-order valence-electron chi connectivity index (χ2n) is 4.58. The zero-order valence-electron chi connectivity index (χ0n) is 9.50. The van der Waals surface area contributed by atoms with Crippen LogP contribution in [0.15, 0.2) is 24.3 Å². The molecule has 1 aromatic carbocycles. The van der Waals surface area contributed by atoms with Crippen LogP contribution in [0.5, 0.6) is 0 Å². The Hall–Kier alpha value is -1.16. The number of anilines is 1. The molecule has 0 spiro atoms. The molecule has 0 amide bonds. The van der Waals surface area contributed by atoms with Crippen molar-refractivity contribution in [1.29, 1.82) is 0 Å². The van der Waals surface area contributed by atoms with Crippen molar-refractivity contribution in [2.24, 2.45) is 5.73 Å². The summed E-state index contributed by atoms with van der Waals surface area (Å²) in [5.74, 6) is -2.66. The summed E-state index contributed by atoms with van der Waals surface area (Å²) in [6, 6.07) is 7.24. The van der Waals surface area contributed by atoms with Gasteiger partial charge >= 0.3 is 0 Å². The number of hydrogen-bond acceptors (Lipinski definition) is 2. The first-order valence-corrected chi connectivity index (χ1v) is 5.29. The Balaban J connectivity index is 2.49. The predicted octanol–water partition coefficient (Wildman–Crippen LogP) is 1.99. The molecule has 2 rings (SSSR count). The van der Waals surface area contributed by atoms with Crippen molar-refractivity contribution in [3.63, 3.8) is 0 Å². The lowest BCUT2D eigenvalue weighted by atomic mass is 9.93. The number of nitrogens with zero attached hydrogens (tertiary/aromatic N) is 1. The summed E-state index contributed by atoms with van der Waals surface area (Å²) in [6.07, 6.45) is -0.138. The first kappa shape index (κ1) is 11.3. The van der Waals surface area contributed by atoms with Crippen molar-refractivity contribution in [1.82, 2.24) is 0 Å². The van der Waals surface area contributed by atoms with E-state index >= 15 is 0 Å². The largest absolute Gasteiger partial charge is 0.377 e. The number of nitrogens with two attached hydrogens (primary N) is 1. The van der Waals surface area contributed by atoms with Gasteiger partial charge in [0, 0.05) is 32.7 Å². The predicted molar refractivity (Wildman–Crippen MR) is 61.1 cm³/mol. The molecule has 0 saturated heterocycles. The van der Waals surface area contributed by atoms with E-state index in [9.17, 15) is 8.78 Å². The van der Waals surface area contributed by atoms with Gasteiger partial charge in [0.2, 0.25) is 0 Å². The molecule has 1 aromatic rings. The second kappa shape index (κ2) is 3.42. The van der Waals surface area contributed by atoms with Crippen LogP contribution in [-0.4, -0.2) is 26.6 Å². The van der Waals surface area contributed by atoms with Crippen LogP contribution >= 0.6 is 0 Å². The number of benzene rings is 1. The lowest BCUT2D eigenvalue weighted by molar-refractivity contribution is 0.0897. The Bertz CT molecular complexity index is 404. The highest BCUT2D eigenvalue weighted by Gasteiger charge is 2.71. The van der Waals surface area contributed by atoms with Crippen molar-refractivity contribution < 1.29 is 8.78 Å². The minimum atomic E-state index is -2.66. The Morgan fingerprint density at radius 1 is 1.31 bits per heavy atom. The van der Waals surface area contributed by atoms with Crippen LogP contribution < -0.4 is 10.6 Å². The third-order valence-corrected chi connectivity index (χ3v) is 3.35. The molecule has 2 N–H and O–H groups in total. The standard InChI is InChI=1S/C12H16F2N2/c1-16(2)10-6-4-3-5-9(10)11(8-15)7-12(11,13)14/h3-6H,7-8,15H2,1-2H3. The van der Waals surface area contributed by atoms with E-state index in [1.54, 1.807) is 12.1 Å². The number of rotatable bonds is 3. The highest BCUT2D eigenvalue weighted by Crippen LogP contribution is 2.62. The Morgan fingerprint density at radius 3 is 2.31 bits per heavy atom. The van der Waals surface area contributed by atoms with E-state index in [1.165, 1.54) is 0 Å². The molecule has 4 heteroatoms. The van der Waals surface area contributed by atoms with E-state index < -0.39 is 11.3 Å². The van der Waals surface area contributed by atoms with Crippen molar-refractivity contribution in [2.45, 2.75) is 17.8 Å². The number of halogens is 2. The maximum absolute atomic E-state index is 13.5. The molecule has 2 nitrogen and oxygen atoms in total. The molecule has 1 atom stereocenters. The summed E-state index contributed by atoms with van der Waals surface area (Å²) >= 11 is 0. The normalized spacial score (nSPS) is 26.6. The number of hydrogen-bond donors (Lipinski definition) is 1. The quantitative estimate of drug-likeness (QED) is 0.854. The van der Waals surface area contributed by atoms with E-state index in [1.807, 2.05) is 31.1 Å². The van der Waals surface area contributed by atoms with Crippen LogP contribution in [0, 0.1) is 0 Å². The molecular weight excluding hydrogens is 210 g/mol. The van der Waals surface area contributed by atoms with Crippen molar-refractivity contribution >= 4 is 5.69 Å². The van der Waals surface area contributed by atoms with Crippen LogP contribution in [0.3, 0.4) is 0 Å². The molecule has 0 aromatic heterocycles. The lowest BCUT2D eigenvalue weighted by Gasteiger charge is -2.23. The Labute approximate surface area is 94.0 Å². The fourth-order valence-electron chi connectivity index (χ4n) is 2.23. The average molecular weight is 226 g/mol. The average Bonchev–Trinajstić information content (AvgIpc) is 2.82. The maximum atomic E-state index is 13.5. The monoisotopic (exact) mass is 226 g/mol. The highest BCUT2D eigenvalue weighted by molar-refractivity contribution is 5.59. The minimum Gasteiger partial charge on any atom is -0.377 e. The number of para-hydroxylation sites is 1. The van der Waals surface area contributed by atoms with E-state index in [0.717, 1.165) is 5.69 Å². The van der Waals surface area contributed by atoms with Gasteiger partial charge in [-0.3, -0.25) is 0 Å². The summed E-state index contributed by atoms with van der Waals surface area (Å²) < 4.78 is 27.0. The summed E-state index contributed by atoms with van der Waals surface area (Å²) in [4.78, 5) is 1.85. The molecule has 0 bridgehead atoms. The minimum absolute atomic E-state index is 0.00907. The molecular formula is C12H16F2N2. The Kier molecular flexibility index (Phi) is 2.42. The van der Waals surface area contributed by atoms with Crippen LogP contribution in [0.1, 0.15) is 12.0 Å². The molecule has 0 radical (unpaired) electrons. The van der Waals surface area contributed by atoms with Gasteiger partial charge in [0.1, 0.15) is 0 Å². The Morgan fingerprint density at radius 2 is 1.88 bits per heavy atom. The van der Waals surface area contributed by atoms with Gasteiger partial charge in [-0.15, -0.1) is 0 Å². The van der Waals surface area contributed by atoms with Crippen LogP contribution in [0.25, 0.3) is 0 Å². The van der Waals surface area contributed by atoms with Gasteiger partial charge in [0.25, 0.3) is 5.92 Å². The zero-order valence-corrected chi connectivity index (χ0v) is 9.50. The zero-order chi connectivity index (χ0) is 12.0. The summed E-state index contributed by atoms with van der Waals surface area (Å²) in [6.45, 7) is -0.00907. The van der Waals surface area contributed by atoms with Crippen molar-refractivity contribution in [3.8, 4) is 0 Å². The maximum Gasteiger partial charge on any atom is 0.260 e. The lowest BCUT2D eigenvalue weighted by Crippen LogP contribution is -2.29. The van der Waals surface area contributed by atoms with E-state index in [0.29, 0.717) is 5.56 Å². The smallest absolute Gasteiger partial charge is 0.260 e. The molecule has 0 heterocycles. The SMILES string of the molecule is CN(C)c1ccccc1C1(CN)CC1(F)F. The fraction of sp³-hybridized carbons (Fsp3) is 0.500. The van der Waals surface area contributed by atoms with Gasteiger partial charge in [-0.05, 0) is 11.6 Å². The fourth-order valence-corrected chi connectivity index (χ4v) is 2.23. The summed E-state index contributed by atoms with van der Waals surface area (Å²) in [5.41, 5.74) is 5.89. The molecule has 1 aliphatic rings. The highest BCUT2D eigenvalue weighted by atomic mass is 19.3. The molecule has 1 saturated carbocycles. The van der Waals surface area contributed by atoms with Crippen LogP contribution in [0.4, 0.5) is 14.5 Å². The van der Waals surface area contributed by atoms with Crippen molar-refractivity contribution in [3.05, 3.63) is 29.8 Å². The van der Waals surface area contributed by atoms with Gasteiger partial charge in [0.15, 0.2) is 0 Å². The van der Waals surface area contributed by atoms with E-state index in [-0.39, 0.29) is 13.0 Å².